The fourth-order valence-electron chi connectivity index (χ4n) is 1.95. The lowest BCUT2D eigenvalue weighted by atomic mass is 10.2. The molecule has 0 aliphatic heterocycles. The zero-order valence-corrected chi connectivity index (χ0v) is 13.7. The lowest BCUT2D eigenvalue weighted by Gasteiger charge is -2.12. The highest BCUT2D eigenvalue weighted by molar-refractivity contribution is 7.80. The van der Waals surface area contributed by atoms with Crippen molar-refractivity contribution >= 4 is 34.9 Å². The van der Waals surface area contributed by atoms with Gasteiger partial charge in [-0.05, 0) is 49.0 Å². The van der Waals surface area contributed by atoms with Crippen molar-refractivity contribution < 1.29 is 19.4 Å². The fourth-order valence-corrected chi connectivity index (χ4v) is 2.17. The number of anilines is 1. The summed E-state index contributed by atoms with van der Waals surface area (Å²) in [5.41, 5.74) is 1.38. The summed E-state index contributed by atoms with van der Waals surface area (Å²) in [5, 5.41) is 14.2. The highest BCUT2D eigenvalue weighted by atomic mass is 32.1. The number of carbonyl (C=O) groups excluding carboxylic acids is 1. The minimum absolute atomic E-state index is 0.00143. The van der Waals surface area contributed by atoms with E-state index in [1.165, 1.54) is 6.07 Å². The molecule has 7 heteroatoms. The Morgan fingerprint density at radius 3 is 2.62 bits per heavy atom. The number of aromatic carboxylic acids is 1. The van der Waals surface area contributed by atoms with Crippen molar-refractivity contribution in [1.82, 2.24) is 5.32 Å². The quantitative estimate of drug-likeness (QED) is 0.723. The van der Waals surface area contributed by atoms with Crippen molar-refractivity contribution in [2.24, 2.45) is 0 Å². The van der Waals surface area contributed by atoms with Gasteiger partial charge in [0.15, 0.2) is 11.7 Å². The number of para-hydroxylation sites is 1. The predicted molar refractivity (Wildman–Crippen MR) is 94.4 cm³/mol. The molecule has 3 N–H and O–H groups in total. The zero-order chi connectivity index (χ0) is 17.5. The van der Waals surface area contributed by atoms with Gasteiger partial charge in [0.1, 0.15) is 5.75 Å². The summed E-state index contributed by atoms with van der Waals surface area (Å²) in [7, 11) is 0. The van der Waals surface area contributed by atoms with Crippen LogP contribution in [0.2, 0.25) is 0 Å². The number of amides is 1. The molecule has 2 aromatic rings. The van der Waals surface area contributed by atoms with Gasteiger partial charge < -0.3 is 15.2 Å². The second-order valence-corrected chi connectivity index (χ2v) is 5.37. The molecule has 0 aliphatic carbocycles. The van der Waals surface area contributed by atoms with E-state index in [0.717, 1.165) is 5.56 Å². The molecule has 2 aromatic carbocycles. The zero-order valence-electron chi connectivity index (χ0n) is 12.9. The smallest absolute Gasteiger partial charge is 0.337 e. The van der Waals surface area contributed by atoms with E-state index < -0.39 is 11.9 Å². The topological polar surface area (TPSA) is 87.7 Å². The van der Waals surface area contributed by atoms with Crippen LogP contribution in [0.15, 0.2) is 48.5 Å². The van der Waals surface area contributed by atoms with Crippen LogP contribution in [0, 0.1) is 6.92 Å². The summed E-state index contributed by atoms with van der Waals surface area (Å²) >= 11 is 5.02. The third-order valence-corrected chi connectivity index (χ3v) is 3.22. The van der Waals surface area contributed by atoms with Crippen LogP contribution in [0.4, 0.5) is 5.69 Å². The third-order valence-electron chi connectivity index (χ3n) is 3.02. The molecule has 0 spiro atoms. The molecule has 1 amide bonds. The number of hydrogen-bond acceptors (Lipinski definition) is 4. The fraction of sp³-hybridized carbons (Fsp3) is 0.118. The van der Waals surface area contributed by atoms with Crippen LogP contribution in [0.5, 0.6) is 5.75 Å². The second kappa shape index (κ2) is 8.07. The monoisotopic (exact) mass is 344 g/mol. The normalized spacial score (nSPS) is 9.88. The number of hydrogen-bond donors (Lipinski definition) is 3. The lowest BCUT2D eigenvalue weighted by molar-refractivity contribution is -0.121. The van der Waals surface area contributed by atoms with Crippen molar-refractivity contribution in [2.45, 2.75) is 6.92 Å². The van der Waals surface area contributed by atoms with Crippen LogP contribution in [0.1, 0.15) is 15.9 Å². The summed E-state index contributed by atoms with van der Waals surface area (Å²) in [5.74, 6) is -0.947. The Bertz CT molecular complexity index is 777. The van der Waals surface area contributed by atoms with E-state index in [4.69, 9.17) is 22.1 Å². The molecular weight excluding hydrogens is 328 g/mol. The summed E-state index contributed by atoms with van der Waals surface area (Å²) in [4.78, 5) is 23.0. The predicted octanol–water partition coefficient (Wildman–Crippen LogP) is 2.59. The van der Waals surface area contributed by atoms with Gasteiger partial charge in [0, 0.05) is 0 Å². The minimum atomic E-state index is -1.09. The van der Waals surface area contributed by atoms with Gasteiger partial charge in [0.25, 0.3) is 5.91 Å². The van der Waals surface area contributed by atoms with Crippen LogP contribution in [-0.4, -0.2) is 28.7 Å². The first kappa shape index (κ1) is 17.4. The van der Waals surface area contributed by atoms with Crippen molar-refractivity contribution in [3.8, 4) is 5.75 Å². The Morgan fingerprint density at radius 1 is 1.17 bits per heavy atom. The van der Waals surface area contributed by atoms with E-state index in [1.807, 2.05) is 25.1 Å². The number of aryl methyl sites for hydroxylation is 1. The van der Waals surface area contributed by atoms with Gasteiger partial charge >= 0.3 is 5.97 Å². The van der Waals surface area contributed by atoms with E-state index in [0.29, 0.717) is 11.4 Å². The van der Waals surface area contributed by atoms with Gasteiger partial charge in [0.2, 0.25) is 0 Å². The molecule has 124 valence electrons. The van der Waals surface area contributed by atoms with Crippen molar-refractivity contribution in [3.05, 3.63) is 59.7 Å². The Labute approximate surface area is 144 Å². The van der Waals surface area contributed by atoms with E-state index >= 15 is 0 Å². The molecule has 0 heterocycles. The van der Waals surface area contributed by atoms with Crippen molar-refractivity contribution in [3.63, 3.8) is 0 Å². The maximum absolute atomic E-state index is 11.8. The number of carbonyl (C=O) groups is 2. The van der Waals surface area contributed by atoms with E-state index in [-0.39, 0.29) is 17.3 Å². The average Bonchev–Trinajstić information content (AvgIpc) is 2.53. The standard InChI is InChI=1S/C17H16N2O4S/c1-11-5-4-6-12(9-11)23-10-15(20)19-17(24)18-14-8-3-2-7-13(14)16(21)22/h2-9H,10H2,1H3,(H,21,22)(H2,18,19,20,24). The first-order chi connectivity index (χ1) is 11.5. The van der Waals surface area contributed by atoms with Gasteiger partial charge in [-0.15, -0.1) is 0 Å². The van der Waals surface area contributed by atoms with Crippen LogP contribution >= 0.6 is 12.2 Å². The second-order valence-electron chi connectivity index (χ2n) is 4.96. The maximum atomic E-state index is 11.8. The molecule has 0 aliphatic rings. The van der Waals surface area contributed by atoms with Gasteiger partial charge in [-0.1, -0.05) is 24.3 Å². The molecular formula is C17H16N2O4S. The number of carboxylic acids is 1. The van der Waals surface area contributed by atoms with E-state index in [9.17, 15) is 9.59 Å². The molecule has 0 unspecified atom stereocenters. The number of rotatable bonds is 5. The van der Waals surface area contributed by atoms with Crippen LogP contribution in [0.25, 0.3) is 0 Å². The molecule has 24 heavy (non-hydrogen) atoms. The van der Waals surface area contributed by atoms with Crippen LogP contribution < -0.4 is 15.4 Å². The Kier molecular flexibility index (Phi) is 5.86. The number of ether oxygens (including phenoxy) is 1. The summed E-state index contributed by atoms with van der Waals surface area (Å²) in [6.07, 6.45) is 0. The van der Waals surface area contributed by atoms with E-state index in [1.54, 1.807) is 24.3 Å². The van der Waals surface area contributed by atoms with Gasteiger partial charge in [0.05, 0.1) is 11.3 Å². The number of carboxylic acid groups (broad SMARTS) is 1. The number of benzene rings is 2. The van der Waals surface area contributed by atoms with Crippen LogP contribution in [-0.2, 0) is 4.79 Å². The first-order valence-corrected chi connectivity index (χ1v) is 7.49. The van der Waals surface area contributed by atoms with Crippen molar-refractivity contribution in [1.29, 1.82) is 0 Å². The maximum Gasteiger partial charge on any atom is 0.337 e. The molecule has 0 radical (unpaired) electrons. The molecule has 0 atom stereocenters. The average molecular weight is 344 g/mol. The number of thiocarbonyl (C=S) groups is 1. The van der Waals surface area contributed by atoms with E-state index in [2.05, 4.69) is 10.6 Å². The van der Waals surface area contributed by atoms with Gasteiger partial charge in [-0.2, -0.15) is 0 Å². The molecule has 0 saturated carbocycles. The summed E-state index contributed by atoms with van der Waals surface area (Å²) in [6.45, 7) is 1.72. The van der Waals surface area contributed by atoms with Crippen molar-refractivity contribution in [2.75, 3.05) is 11.9 Å². The summed E-state index contributed by atoms with van der Waals surface area (Å²) < 4.78 is 5.37. The largest absolute Gasteiger partial charge is 0.484 e. The molecule has 6 nitrogen and oxygen atoms in total. The Balaban J connectivity index is 1.88. The highest BCUT2D eigenvalue weighted by Crippen LogP contribution is 2.15. The Hall–Kier alpha value is -2.93. The Morgan fingerprint density at radius 2 is 1.92 bits per heavy atom. The third kappa shape index (κ3) is 5.06. The van der Waals surface area contributed by atoms with Gasteiger partial charge in [-0.3, -0.25) is 10.1 Å². The van der Waals surface area contributed by atoms with Crippen LogP contribution in [0.3, 0.4) is 0 Å². The number of nitrogens with one attached hydrogen (secondary N) is 2. The highest BCUT2D eigenvalue weighted by Gasteiger charge is 2.11. The molecule has 0 aromatic heterocycles. The first-order valence-electron chi connectivity index (χ1n) is 7.08. The molecule has 0 saturated heterocycles. The molecule has 0 fully saturated rings. The minimum Gasteiger partial charge on any atom is -0.484 e. The SMILES string of the molecule is Cc1cccc(OCC(=O)NC(=S)Nc2ccccc2C(=O)O)c1. The molecule has 2 rings (SSSR count). The summed E-state index contributed by atoms with van der Waals surface area (Å²) in [6, 6.07) is 13.6. The lowest BCUT2D eigenvalue weighted by Crippen LogP contribution is -2.37. The molecule has 0 bridgehead atoms. The van der Waals surface area contributed by atoms with Gasteiger partial charge in [-0.25, -0.2) is 4.79 Å².